The maximum Gasteiger partial charge on any atom is 0.243 e. The van der Waals surface area contributed by atoms with Gasteiger partial charge in [-0.1, -0.05) is 30.3 Å². The van der Waals surface area contributed by atoms with Crippen molar-refractivity contribution in [1.82, 2.24) is 10.3 Å². The Morgan fingerprint density at radius 1 is 1.32 bits per heavy atom. The van der Waals surface area contributed by atoms with Crippen LogP contribution in [-0.4, -0.2) is 46.8 Å². The second-order valence-corrected chi connectivity index (χ2v) is 5.33. The van der Waals surface area contributed by atoms with Crippen LogP contribution in [0.25, 0.3) is 0 Å². The molecule has 118 valence electrons. The summed E-state index contributed by atoms with van der Waals surface area (Å²) < 4.78 is 0. The third-order valence-corrected chi connectivity index (χ3v) is 3.36. The molecule has 0 radical (unpaired) electrons. The van der Waals surface area contributed by atoms with Crippen LogP contribution in [0.5, 0.6) is 0 Å². The maximum absolute atomic E-state index is 12.1. The minimum absolute atomic E-state index is 0.109. The Hall–Kier alpha value is -2.21. The van der Waals surface area contributed by atoms with Crippen molar-refractivity contribution in [1.29, 1.82) is 0 Å². The lowest BCUT2D eigenvalue weighted by Crippen LogP contribution is -2.32. The first-order valence-corrected chi connectivity index (χ1v) is 7.44. The summed E-state index contributed by atoms with van der Waals surface area (Å²) in [4.78, 5) is 23.6. The van der Waals surface area contributed by atoms with E-state index in [-0.39, 0.29) is 31.2 Å². The van der Waals surface area contributed by atoms with Gasteiger partial charge in [-0.3, -0.25) is 9.59 Å². The van der Waals surface area contributed by atoms with E-state index in [0.29, 0.717) is 6.54 Å². The van der Waals surface area contributed by atoms with Crippen LogP contribution in [0, 0.1) is 0 Å². The van der Waals surface area contributed by atoms with E-state index in [2.05, 4.69) is 10.4 Å². The summed E-state index contributed by atoms with van der Waals surface area (Å²) >= 11 is 0. The molecule has 6 nitrogen and oxygen atoms in total. The highest BCUT2D eigenvalue weighted by Crippen LogP contribution is 2.14. The molecule has 0 aliphatic carbocycles. The van der Waals surface area contributed by atoms with Crippen molar-refractivity contribution in [2.24, 2.45) is 5.10 Å². The number of hydrogen-bond donors (Lipinski definition) is 2. The molecule has 0 saturated carbocycles. The van der Waals surface area contributed by atoms with E-state index in [1.54, 1.807) is 6.92 Å². The zero-order valence-electron chi connectivity index (χ0n) is 12.7. The Morgan fingerprint density at radius 2 is 2.05 bits per heavy atom. The molecule has 1 atom stereocenters. The van der Waals surface area contributed by atoms with Crippen molar-refractivity contribution in [2.45, 2.75) is 32.3 Å². The van der Waals surface area contributed by atoms with Gasteiger partial charge in [0.1, 0.15) is 0 Å². The molecule has 1 aliphatic rings. The Bertz CT molecular complexity index is 555. The molecule has 0 fully saturated rings. The molecule has 1 aliphatic heterocycles. The van der Waals surface area contributed by atoms with Gasteiger partial charge in [-0.2, -0.15) is 5.10 Å². The van der Waals surface area contributed by atoms with Crippen LogP contribution in [-0.2, 0) is 9.59 Å². The second-order valence-electron chi connectivity index (χ2n) is 5.33. The van der Waals surface area contributed by atoms with Gasteiger partial charge in [0.2, 0.25) is 11.8 Å². The Morgan fingerprint density at radius 3 is 2.73 bits per heavy atom. The molecule has 1 aromatic carbocycles. The Balaban J connectivity index is 1.82. The number of hydrazone groups is 1. The van der Waals surface area contributed by atoms with E-state index < -0.39 is 6.10 Å². The van der Waals surface area contributed by atoms with Crippen LogP contribution in [0.4, 0.5) is 0 Å². The van der Waals surface area contributed by atoms with Gasteiger partial charge in [-0.15, -0.1) is 0 Å². The maximum atomic E-state index is 12.1. The average molecular weight is 303 g/mol. The fraction of sp³-hybridized carbons (Fsp3) is 0.438. The summed E-state index contributed by atoms with van der Waals surface area (Å²) in [6, 6.07) is 9.75. The first-order chi connectivity index (χ1) is 10.6. The highest BCUT2D eigenvalue weighted by molar-refractivity contribution is 6.02. The molecule has 2 amide bonds. The lowest BCUT2D eigenvalue weighted by Gasteiger charge is -2.11. The van der Waals surface area contributed by atoms with Crippen LogP contribution in [0.15, 0.2) is 35.4 Å². The van der Waals surface area contributed by atoms with Crippen LogP contribution in [0.1, 0.15) is 31.7 Å². The first-order valence-electron chi connectivity index (χ1n) is 7.44. The van der Waals surface area contributed by atoms with E-state index in [9.17, 15) is 9.59 Å². The molecule has 1 unspecified atom stereocenters. The molecule has 0 bridgehead atoms. The predicted molar refractivity (Wildman–Crippen MR) is 83.2 cm³/mol. The summed E-state index contributed by atoms with van der Waals surface area (Å²) in [7, 11) is 0. The van der Waals surface area contributed by atoms with Gasteiger partial charge in [0.05, 0.1) is 18.4 Å². The van der Waals surface area contributed by atoms with Crippen molar-refractivity contribution in [3.8, 4) is 0 Å². The predicted octanol–water partition coefficient (Wildman–Crippen LogP) is 0.900. The molecular formula is C16H21N3O3. The summed E-state index contributed by atoms with van der Waals surface area (Å²) in [6.45, 7) is 2.35. The molecule has 0 aromatic heterocycles. The number of amides is 2. The lowest BCUT2D eigenvalue weighted by atomic mass is 10.1. The number of aliphatic hydroxyl groups excluding tert-OH is 1. The van der Waals surface area contributed by atoms with E-state index in [0.717, 1.165) is 17.7 Å². The quantitative estimate of drug-likeness (QED) is 0.819. The van der Waals surface area contributed by atoms with Crippen LogP contribution >= 0.6 is 0 Å². The molecular weight excluding hydrogens is 282 g/mol. The van der Waals surface area contributed by atoms with Gasteiger partial charge >= 0.3 is 0 Å². The molecule has 2 rings (SSSR count). The third-order valence-electron chi connectivity index (χ3n) is 3.36. The Kier molecular flexibility index (Phi) is 5.66. The standard InChI is InChI=1S/C16H21N3O3/c1-12(20)11-17-15(21)7-8-16(22)19-10-9-14(18-19)13-5-3-2-4-6-13/h2-6,12,20H,7-11H2,1H3,(H,17,21). The summed E-state index contributed by atoms with van der Waals surface area (Å²) in [5, 5.41) is 17.4. The van der Waals surface area contributed by atoms with Gasteiger partial charge in [0.25, 0.3) is 0 Å². The summed E-state index contributed by atoms with van der Waals surface area (Å²) in [6.07, 6.45) is 0.371. The summed E-state index contributed by atoms with van der Waals surface area (Å²) in [5.74, 6) is -0.390. The highest BCUT2D eigenvalue weighted by Gasteiger charge is 2.21. The molecule has 1 heterocycles. The topological polar surface area (TPSA) is 82.0 Å². The number of nitrogens with zero attached hydrogens (tertiary/aromatic N) is 2. The van der Waals surface area contributed by atoms with Gasteiger partial charge < -0.3 is 10.4 Å². The van der Waals surface area contributed by atoms with Gasteiger partial charge in [0.15, 0.2) is 0 Å². The monoisotopic (exact) mass is 303 g/mol. The molecule has 6 heteroatoms. The molecule has 0 saturated heterocycles. The van der Waals surface area contributed by atoms with Gasteiger partial charge in [-0.25, -0.2) is 5.01 Å². The number of carbonyl (C=O) groups excluding carboxylic acids is 2. The minimum Gasteiger partial charge on any atom is -0.392 e. The van der Waals surface area contributed by atoms with Gasteiger partial charge in [-0.05, 0) is 12.5 Å². The van der Waals surface area contributed by atoms with Crippen molar-refractivity contribution in [3.05, 3.63) is 35.9 Å². The van der Waals surface area contributed by atoms with E-state index in [4.69, 9.17) is 5.11 Å². The minimum atomic E-state index is -0.587. The Labute approximate surface area is 129 Å². The van der Waals surface area contributed by atoms with Crippen molar-refractivity contribution in [2.75, 3.05) is 13.1 Å². The van der Waals surface area contributed by atoms with Crippen LogP contribution in [0.3, 0.4) is 0 Å². The fourth-order valence-corrected chi connectivity index (χ4v) is 2.17. The second kappa shape index (κ2) is 7.70. The van der Waals surface area contributed by atoms with Crippen LogP contribution < -0.4 is 5.32 Å². The zero-order chi connectivity index (χ0) is 15.9. The zero-order valence-corrected chi connectivity index (χ0v) is 12.7. The number of benzene rings is 1. The number of rotatable bonds is 6. The highest BCUT2D eigenvalue weighted by atomic mass is 16.3. The van der Waals surface area contributed by atoms with Gasteiger partial charge in [0, 0.05) is 25.8 Å². The lowest BCUT2D eigenvalue weighted by molar-refractivity contribution is -0.133. The van der Waals surface area contributed by atoms with E-state index in [1.807, 2.05) is 30.3 Å². The van der Waals surface area contributed by atoms with Crippen molar-refractivity contribution in [3.63, 3.8) is 0 Å². The molecule has 0 spiro atoms. The number of aliphatic hydroxyl groups is 1. The van der Waals surface area contributed by atoms with Crippen LogP contribution in [0.2, 0.25) is 0 Å². The van der Waals surface area contributed by atoms with E-state index >= 15 is 0 Å². The third kappa shape index (κ3) is 4.66. The normalized spacial score (nSPS) is 15.4. The fourth-order valence-electron chi connectivity index (χ4n) is 2.17. The molecule has 22 heavy (non-hydrogen) atoms. The number of nitrogens with one attached hydrogen (secondary N) is 1. The molecule has 1 aromatic rings. The van der Waals surface area contributed by atoms with Crippen molar-refractivity contribution < 1.29 is 14.7 Å². The summed E-state index contributed by atoms with van der Waals surface area (Å²) in [5.41, 5.74) is 1.92. The smallest absolute Gasteiger partial charge is 0.243 e. The van der Waals surface area contributed by atoms with Crippen molar-refractivity contribution >= 4 is 17.5 Å². The SMILES string of the molecule is CC(O)CNC(=O)CCC(=O)N1CCC(c2ccccc2)=N1. The van der Waals surface area contributed by atoms with E-state index in [1.165, 1.54) is 5.01 Å². The number of hydrogen-bond acceptors (Lipinski definition) is 4. The average Bonchev–Trinajstić information content (AvgIpc) is 3.01. The first kappa shape index (κ1) is 16.2. The largest absolute Gasteiger partial charge is 0.392 e. The number of carbonyl (C=O) groups is 2. The molecule has 2 N–H and O–H groups in total.